The molecule has 2 aromatic rings. The van der Waals surface area contributed by atoms with Gasteiger partial charge in [-0.05, 0) is 43.9 Å². The van der Waals surface area contributed by atoms with Crippen LogP contribution < -0.4 is 5.32 Å². The summed E-state index contributed by atoms with van der Waals surface area (Å²) in [5.74, 6) is 0.608. The van der Waals surface area contributed by atoms with E-state index in [4.69, 9.17) is 4.98 Å². The molecule has 2 aliphatic rings. The van der Waals surface area contributed by atoms with E-state index in [2.05, 4.69) is 10.3 Å². The number of sulfonamides is 1. The molecule has 1 N–H and O–H groups in total. The molecule has 1 amide bonds. The summed E-state index contributed by atoms with van der Waals surface area (Å²) in [6, 6.07) is 3.74. The lowest BCUT2D eigenvalue weighted by molar-refractivity contribution is -0.129. The first-order chi connectivity index (χ1) is 14.7. The number of halogens is 1. The highest BCUT2D eigenvalue weighted by Gasteiger charge is 2.34. The van der Waals surface area contributed by atoms with Gasteiger partial charge in [-0.25, -0.2) is 22.8 Å². The van der Waals surface area contributed by atoms with E-state index in [0.717, 1.165) is 24.5 Å². The molecular weight excluding hydrogens is 421 g/mol. The second-order valence-corrected chi connectivity index (χ2v) is 9.91. The van der Waals surface area contributed by atoms with Crippen molar-refractivity contribution in [3.05, 3.63) is 46.7 Å². The van der Waals surface area contributed by atoms with Crippen LogP contribution in [0.15, 0.2) is 23.1 Å². The number of rotatable bonds is 4. The van der Waals surface area contributed by atoms with Crippen LogP contribution in [0.3, 0.4) is 0 Å². The Labute approximate surface area is 181 Å². The summed E-state index contributed by atoms with van der Waals surface area (Å²) in [4.78, 5) is 23.0. The Bertz CT molecular complexity index is 1140. The Morgan fingerprint density at radius 1 is 1.26 bits per heavy atom. The van der Waals surface area contributed by atoms with Gasteiger partial charge in [0.25, 0.3) is 0 Å². The van der Waals surface area contributed by atoms with Crippen LogP contribution in [-0.4, -0.2) is 53.6 Å². The summed E-state index contributed by atoms with van der Waals surface area (Å²) in [6.45, 7) is 4.11. The maximum absolute atomic E-state index is 14.0. The minimum Gasteiger partial charge on any atom is -0.373 e. The number of nitrogens with zero attached hydrogens (tertiary/aromatic N) is 4. The molecular formula is C21H26FN5O3S. The van der Waals surface area contributed by atoms with Crippen molar-refractivity contribution in [3.8, 4) is 0 Å². The number of anilines is 1. The number of likely N-dealkylation sites (tertiary alicyclic amines) is 1. The van der Waals surface area contributed by atoms with Crippen LogP contribution in [0.4, 0.5) is 10.2 Å². The van der Waals surface area contributed by atoms with Gasteiger partial charge in [0.2, 0.25) is 15.9 Å². The number of hydrogen-bond acceptors (Lipinski definition) is 6. The van der Waals surface area contributed by atoms with E-state index in [1.165, 1.54) is 23.4 Å². The fourth-order valence-electron chi connectivity index (χ4n) is 4.28. The molecule has 1 fully saturated rings. The van der Waals surface area contributed by atoms with E-state index in [9.17, 15) is 17.6 Å². The first-order valence-corrected chi connectivity index (χ1v) is 11.8. The van der Waals surface area contributed by atoms with Crippen molar-refractivity contribution in [2.24, 2.45) is 0 Å². The molecule has 0 saturated carbocycles. The van der Waals surface area contributed by atoms with Crippen LogP contribution in [0.5, 0.6) is 0 Å². The van der Waals surface area contributed by atoms with Crippen LogP contribution in [0, 0.1) is 12.7 Å². The number of benzene rings is 1. The molecule has 166 valence electrons. The SMILES string of the molecule is CNc1nc([C@@H]2CCCN2C(C)=O)nc2c1CCN(S(=O)(=O)c1ccc(C)c(F)c1)C2. The Hall–Kier alpha value is -2.59. The zero-order valence-electron chi connectivity index (χ0n) is 17.9. The monoisotopic (exact) mass is 447 g/mol. The van der Waals surface area contributed by atoms with Crippen LogP contribution in [0.1, 0.15) is 48.5 Å². The van der Waals surface area contributed by atoms with Gasteiger partial charge < -0.3 is 10.2 Å². The first-order valence-electron chi connectivity index (χ1n) is 10.3. The summed E-state index contributed by atoms with van der Waals surface area (Å²) in [5.41, 5.74) is 1.89. The molecule has 2 aliphatic heterocycles. The lowest BCUT2D eigenvalue weighted by Gasteiger charge is -2.30. The Morgan fingerprint density at radius 3 is 2.71 bits per heavy atom. The predicted molar refractivity (Wildman–Crippen MR) is 113 cm³/mol. The number of hydrogen-bond donors (Lipinski definition) is 1. The van der Waals surface area contributed by atoms with Crippen molar-refractivity contribution in [2.45, 2.75) is 50.6 Å². The maximum atomic E-state index is 14.0. The molecule has 0 bridgehead atoms. The third-order valence-electron chi connectivity index (χ3n) is 6.02. The average molecular weight is 448 g/mol. The fourth-order valence-corrected chi connectivity index (χ4v) is 5.70. The minimum absolute atomic E-state index is 0.0274. The van der Waals surface area contributed by atoms with E-state index < -0.39 is 15.8 Å². The molecule has 1 atom stereocenters. The van der Waals surface area contributed by atoms with E-state index >= 15 is 0 Å². The lowest BCUT2D eigenvalue weighted by Crippen LogP contribution is -2.37. The van der Waals surface area contributed by atoms with Crippen molar-refractivity contribution < 1.29 is 17.6 Å². The third kappa shape index (κ3) is 3.89. The van der Waals surface area contributed by atoms with Gasteiger partial charge in [0.15, 0.2) is 5.82 Å². The van der Waals surface area contributed by atoms with Gasteiger partial charge in [0.05, 0.1) is 23.2 Å². The van der Waals surface area contributed by atoms with E-state index in [-0.39, 0.29) is 29.9 Å². The van der Waals surface area contributed by atoms with Crippen molar-refractivity contribution in [2.75, 3.05) is 25.5 Å². The van der Waals surface area contributed by atoms with Gasteiger partial charge in [-0.1, -0.05) is 6.07 Å². The molecule has 4 rings (SSSR count). The highest BCUT2D eigenvalue weighted by Crippen LogP contribution is 2.34. The van der Waals surface area contributed by atoms with Crippen LogP contribution in [0.2, 0.25) is 0 Å². The Balaban J connectivity index is 1.69. The second kappa shape index (κ2) is 8.16. The van der Waals surface area contributed by atoms with E-state index in [1.807, 2.05) is 0 Å². The van der Waals surface area contributed by atoms with Gasteiger partial charge >= 0.3 is 0 Å². The molecule has 1 aromatic carbocycles. The van der Waals surface area contributed by atoms with Gasteiger partial charge in [-0.15, -0.1) is 0 Å². The molecule has 3 heterocycles. The summed E-state index contributed by atoms with van der Waals surface area (Å²) < 4.78 is 41.6. The number of carbonyl (C=O) groups excluding carboxylic acids is 1. The molecule has 0 unspecified atom stereocenters. The summed E-state index contributed by atoms with van der Waals surface area (Å²) >= 11 is 0. The van der Waals surface area contributed by atoms with Gasteiger partial charge in [-0.3, -0.25) is 4.79 Å². The highest BCUT2D eigenvalue weighted by molar-refractivity contribution is 7.89. The molecule has 1 aromatic heterocycles. The zero-order valence-corrected chi connectivity index (χ0v) is 18.7. The number of aryl methyl sites for hydroxylation is 1. The first kappa shape index (κ1) is 21.6. The van der Waals surface area contributed by atoms with Crippen LogP contribution in [0.25, 0.3) is 0 Å². The molecule has 0 spiro atoms. The molecule has 10 heteroatoms. The van der Waals surface area contributed by atoms with Crippen molar-refractivity contribution >= 4 is 21.7 Å². The third-order valence-corrected chi connectivity index (χ3v) is 7.86. The zero-order chi connectivity index (χ0) is 22.3. The normalized spacial score (nSPS) is 19.4. The van der Waals surface area contributed by atoms with Crippen molar-refractivity contribution in [1.29, 1.82) is 0 Å². The van der Waals surface area contributed by atoms with Gasteiger partial charge in [0, 0.05) is 32.6 Å². The Morgan fingerprint density at radius 2 is 2.03 bits per heavy atom. The Kier molecular flexibility index (Phi) is 5.69. The van der Waals surface area contributed by atoms with Crippen LogP contribution in [-0.2, 0) is 27.8 Å². The van der Waals surface area contributed by atoms with Gasteiger partial charge in [0.1, 0.15) is 11.6 Å². The topological polar surface area (TPSA) is 95.5 Å². The van der Waals surface area contributed by atoms with E-state index in [0.29, 0.717) is 35.9 Å². The van der Waals surface area contributed by atoms with E-state index in [1.54, 1.807) is 18.9 Å². The van der Waals surface area contributed by atoms with Gasteiger partial charge in [-0.2, -0.15) is 4.31 Å². The highest BCUT2D eigenvalue weighted by atomic mass is 32.2. The van der Waals surface area contributed by atoms with Crippen LogP contribution >= 0.6 is 0 Å². The minimum atomic E-state index is -3.87. The van der Waals surface area contributed by atoms with Crippen molar-refractivity contribution in [3.63, 3.8) is 0 Å². The standard InChI is InChI=1S/C21H26FN5O3S/c1-13-6-7-15(11-17(13)22)31(29,30)26-10-8-16-18(12-26)24-21(25-20(16)23-3)19-5-4-9-27(19)14(2)28/h6-7,11,19H,4-5,8-10,12H2,1-3H3,(H,23,24,25)/t19-/m0/s1. The smallest absolute Gasteiger partial charge is 0.243 e. The predicted octanol–water partition coefficient (Wildman–Crippen LogP) is 2.40. The second-order valence-electron chi connectivity index (χ2n) is 7.98. The number of aromatic nitrogens is 2. The summed E-state index contributed by atoms with van der Waals surface area (Å²) in [6.07, 6.45) is 2.09. The van der Waals surface area contributed by atoms with Crippen molar-refractivity contribution in [1.82, 2.24) is 19.2 Å². The summed E-state index contributed by atoms with van der Waals surface area (Å²) in [5, 5.41) is 3.09. The number of amides is 1. The number of fused-ring (bicyclic) bond motifs is 1. The molecule has 8 nitrogen and oxygen atoms in total. The molecule has 0 radical (unpaired) electrons. The molecule has 0 aliphatic carbocycles. The average Bonchev–Trinajstić information content (AvgIpc) is 3.24. The fraction of sp³-hybridized carbons (Fsp3) is 0.476. The summed E-state index contributed by atoms with van der Waals surface area (Å²) in [7, 11) is -2.11. The maximum Gasteiger partial charge on any atom is 0.243 e. The number of nitrogens with one attached hydrogen (secondary N) is 1. The lowest BCUT2D eigenvalue weighted by atomic mass is 10.1. The largest absolute Gasteiger partial charge is 0.373 e. The quantitative estimate of drug-likeness (QED) is 0.773. The molecule has 1 saturated heterocycles. The number of carbonyl (C=O) groups is 1. The molecule has 31 heavy (non-hydrogen) atoms.